The smallest absolute Gasteiger partial charge is 0.323 e. The first-order valence-electron chi connectivity index (χ1n) is 5.51. The molecule has 1 amide bonds. The number of hydrogen-bond acceptors (Lipinski definition) is 4. The maximum absolute atomic E-state index is 11.4. The highest BCUT2D eigenvalue weighted by atomic mass is 35.5. The highest BCUT2D eigenvalue weighted by molar-refractivity contribution is 6.34. The van der Waals surface area contributed by atoms with Crippen LogP contribution < -0.4 is 10.6 Å². The molecule has 0 aliphatic carbocycles. The Balaban J connectivity index is 3.16. The van der Waals surface area contributed by atoms with E-state index in [1.54, 1.807) is 12.1 Å². The summed E-state index contributed by atoms with van der Waals surface area (Å²) < 4.78 is 4.92. The monoisotopic (exact) mass is 286 g/mol. The number of amides is 1. The van der Waals surface area contributed by atoms with Gasteiger partial charge in [0, 0.05) is 13.7 Å². The van der Waals surface area contributed by atoms with Crippen LogP contribution in [-0.2, 0) is 9.53 Å². The van der Waals surface area contributed by atoms with E-state index >= 15 is 0 Å². The zero-order chi connectivity index (χ0) is 14.4. The molecule has 0 aliphatic rings. The van der Waals surface area contributed by atoms with E-state index in [2.05, 4.69) is 0 Å². The third-order valence-electron chi connectivity index (χ3n) is 2.47. The van der Waals surface area contributed by atoms with Crippen molar-refractivity contribution in [3.8, 4) is 0 Å². The molecule has 0 heterocycles. The van der Waals surface area contributed by atoms with Crippen molar-refractivity contribution < 1.29 is 19.4 Å². The second-order valence-electron chi connectivity index (χ2n) is 3.81. The number of anilines is 1. The van der Waals surface area contributed by atoms with Crippen LogP contribution in [0.5, 0.6) is 0 Å². The third kappa shape index (κ3) is 4.11. The summed E-state index contributed by atoms with van der Waals surface area (Å²) in [6.07, 6.45) is 0. The minimum Gasteiger partial charge on any atom is -0.480 e. The van der Waals surface area contributed by atoms with Gasteiger partial charge in [-0.1, -0.05) is 17.7 Å². The molecule has 7 heteroatoms. The molecule has 0 aliphatic heterocycles. The molecule has 104 valence electrons. The maximum atomic E-state index is 11.4. The van der Waals surface area contributed by atoms with E-state index in [1.165, 1.54) is 18.1 Å². The zero-order valence-corrected chi connectivity index (χ0v) is 11.2. The molecule has 0 radical (unpaired) electrons. The van der Waals surface area contributed by atoms with Gasteiger partial charge in [0.2, 0.25) is 0 Å². The lowest BCUT2D eigenvalue weighted by molar-refractivity contribution is -0.135. The molecule has 0 fully saturated rings. The van der Waals surface area contributed by atoms with E-state index in [9.17, 15) is 9.59 Å². The van der Waals surface area contributed by atoms with Gasteiger partial charge in [-0.25, -0.2) is 0 Å². The van der Waals surface area contributed by atoms with Crippen molar-refractivity contribution in [2.75, 3.05) is 31.7 Å². The van der Waals surface area contributed by atoms with Crippen LogP contribution in [0.1, 0.15) is 10.4 Å². The quantitative estimate of drug-likeness (QED) is 0.779. The number of nitrogens with zero attached hydrogens (tertiary/aromatic N) is 1. The summed E-state index contributed by atoms with van der Waals surface area (Å²) in [7, 11) is 1.51. The molecular weight excluding hydrogens is 272 g/mol. The standard InChI is InChI=1S/C12H15ClN2O4/c1-19-6-5-15(7-10(16)17)9-4-2-3-8(13)11(9)12(14)18/h2-4H,5-7H2,1H3,(H2,14,18)(H,16,17). The minimum atomic E-state index is -1.02. The van der Waals surface area contributed by atoms with Crippen molar-refractivity contribution in [1.29, 1.82) is 0 Å². The molecule has 3 N–H and O–H groups in total. The first kappa shape index (κ1) is 15.3. The van der Waals surface area contributed by atoms with Crippen LogP contribution in [0.25, 0.3) is 0 Å². The van der Waals surface area contributed by atoms with Gasteiger partial charge >= 0.3 is 5.97 Å². The third-order valence-corrected chi connectivity index (χ3v) is 2.79. The number of nitrogens with two attached hydrogens (primary N) is 1. The lowest BCUT2D eigenvalue weighted by Gasteiger charge is -2.24. The van der Waals surface area contributed by atoms with E-state index in [0.29, 0.717) is 18.8 Å². The average Bonchev–Trinajstić information content (AvgIpc) is 2.33. The predicted octanol–water partition coefficient (Wildman–Crippen LogP) is 0.976. The van der Waals surface area contributed by atoms with Crippen LogP contribution in [0.3, 0.4) is 0 Å². The van der Waals surface area contributed by atoms with Gasteiger partial charge in [-0.3, -0.25) is 9.59 Å². The van der Waals surface area contributed by atoms with Gasteiger partial charge in [0.05, 0.1) is 22.9 Å². The van der Waals surface area contributed by atoms with Crippen LogP contribution >= 0.6 is 11.6 Å². The second-order valence-corrected chi connectivity index (χ2v) is 4.21. The Kier molecular flexibility index (Phi) is 5.59. The summed E-state index contributed by atoms with van der Waals surface area (Å²) in [6.45, 7) is 0.353. The number of halogens is 1. The fourth-order valence-electron chi connectivity index (χ4n) is 1.67. The Bertz CT molecular complexity index is 479. The Morgan fingerprint density at radius 3 is 2.68 bits per heavy atom. The van der Waals surface area contributed by atoms with Crippen LogP contribution in [0.4, 0.5) is 5.69 Å². The number of primary amides is 1. The van der Waals surface area contributed by atoms with Crippen molar-refractivity contribution >= 4 is 29.2 Å². The number of carboxylic acid groups (broad SMARTS) is 1. The number of hydrogen-bond donors (Lipinski definition) is 2. The van der Waals surface area contributed by atoms with Gasteiger partial charge in [0.25, 0.3) is 5.91 Å². The molecule has 0 unspecified atom stereocenters. The molecule has 0 bridgehead atoms. The molecule has 0 spiro atoms. The highest BCUT2D eigenvalue weighted by Gasteiger charge is 2.19. The second kappa shape index (κ2) is 6.96. The van der Waals surface area contributed by atoms with Crippen molar-refractivity contribution in [3.05, 3.63) is 28.8 Å². The number of carboxylic acids is 1. The number of carbonyl (C=O) groups is 2. The van der Waals surface area contributed by atoms with Crippen molar-refractivity contribution in [2.45, 2.75) is 0 Å². The molecule has 19 heavy (non-hydrogen) atoms. The molecule has 1 aromatic rings. The molecular formula is C12H15ClN2O4. The highest BCUT2D eigenvalue weighted by Crippen LogP contribution is 2.27. The van der Waals surface area contributed by atoms with Gasteiger partial charge in [-0.05, 0) is 12.1 Å². The normalized spacial score (nSPS) is 10.2. The molecule has 6 nitrogen and oxygen atoms in total. The van der Waals surface area contributed by atoms with Crippen molar-refractivity contribution in [1.82, 2.24) is 0 Å². The number of rotatable bonds is 7. The molecule has 0 aromatic heterocycles. The summed E-state index contributed by atoms with van der Waals surface area (Å²) >= 11 is 5.93. The fraction of sp³-hybridized carbons (Fsp3) is 0.333. The summed E-state index contributed by atoms with van der Waals surface area (Å²) in [5.41, 5.74) is 5.78. The lowest BCUT2D eigenvalue weighted by Crippen LogP contribution is -2.34. The number of ether oxygens (including phenoxy) is 1. The molecule has 0 atom stereocenters. The van der Waals surface area contributed by atoms with Gasteiger partial charge in [0.1, 0.15) is 6.54 Å². The van der Waals surface area contributed by atoms with Crippen LogP contribution in [0.2, 0.25) is 5.02 Å². The Morgan fingerprint density at radius 2 is 2.16 bits per heavy atom. The topological polar surface area (TPSA) is 92.9 Å². The number of aliphatic carboxylic acids is 1. The first-order valence-corrected chi connectivity index (χ1v) is 5.89. The summed E-state index contributed by atoms with van der Waals surface area (Å²) in [5.74, 6) is -1.72. The number of carbonyl (C=O) groups excluding carboxylic acids is 1. The number of benzene rings is 1. The molecule has 0 saturated carbocycles. The van der Waals surface area contributed by atoms with Gasteiger partial charge in [-0.2, -0.15) is 0 Å². The largest absolute Gasteiger partial charge is 0.480 e. The molecule has 1 rings (SSSR count). The van der Waals surface area contributed by atoms with Gasteiger partial charge in [0.15, 0.2) is 0 Å². The van der Waals surface area contributed by atoms with Crippen molar-refractivity contribution in [3.63, 3.8) is 0 Å². The summed E-state index contributed by atoms with van der Waals surface area (Å²) in [4.78, 5) is 23.8. The van der Waals surface area contributed by atoms with E-state index < -0.39 is 11.9 Å². The van der Waals surface area contributed by atoms with Crippen molar-refractivity contribution in [2.24, 2.45) is 5.73 Å². The van der Waals surface area contributed by atoms with E-state index in [-0.39, 0.29) is 17.1 Å². The fourth-order valence-corrected chi connectivity index (χ4v) is 1.93. The minimum absolute atomic E-state index is 0.113. The average molecular weight is 287 g/mol. The van der Waals surface area contributed by atoms with Crippen LogP contribution in [0, 0.1) is 0 Å². The summed E-state index contributed by atoms with van der Waals surface area (Å²) in [6, 6.07) is 4.76. The maximum Gasteiger partial charge on any atom is 0.323 e. The molecule has 0 saturated heterocycles. The summed E-state index contributed by atoms with van der Waals surface area (Å²) in [5, 5.41) is 9.10. The Hall–Kier alpha value is -1.79. The Labute approximate surface area is 115 Å². The predicted molar refractivity (Wildman–Crippen MR) is 71.7 cm³/mol. The van der Waals surface area contributed by atoms with E-state index in [4.69, 9.17) is 27.2 Å². The van der Waals surface area contributed by atoms with Crippen LogP contribution in [-0.4, -0.2) is 43.8 Å². The lowest BCUT2D eigenvalue weighted by atomic mass is 10.1. The SMILES string of the molecule is COCCN(CC(=O)O)c1cccc(Cl)c1C(N)=O. The number of methoxy groups -OCH3 is 1. The van der Waals surface area contributed by atoms with E-state index in [0.717, 1.165) is 0 Å². The Morgan fingerprint density at radius 1 is 1.47 bits per heavy atom. The first-order chi connectivity index (χ1) is 8.97. The van der Waals surface area contributed by atoms with Crippen LogP contribution in [0.15, 0.2) is 18.2 Å². The molecule has 1 aromatic carbocycles. The van der Waals surface area contributed by atoms with Gasteiger partial charge in [-0.15, -0.1) is 0 Å². The zero-order valence-electron chi connectivity index (χ0n) is 10.4. The van der Waals surface area contributed by atoms with E-state index in [1.807, 2.05) is 0 Å². The van der Waals surface area contributed by atoms with Gasteiger partial charge < -0.3 is 20.5 Å².